The lowest BCUT2D eigenvalue weighted by Crippen LogP contribution is -2.40. The molecule has 6 heteroatoms. The van der Waals surface area contributed by atoms with Crippen molar-refractivity contribution in [3.63, 3.8) is 0 Å². The van der Waals surface area contributed by atoms with Gasteiger partial charge in [0.1, 0.15) is 5.75 Å². The molecule has 20 heavy (non-hydrogen) atoms. The number of rotatable bonds is 6. The number of nitrogens with zero attached hydrogens (tertiary/aromatic N) is 1. The molecule has 2 rings (SSSR count). The fraction of sp³-hybridized carbons (Fsp3) is 0.571. The Morgan fingerprint density at radius 3 is 2.35 bits per heavy atom. The van der Waals surface area contributed by atoms with Gasteiger partial charge in [0.05, 0.1) is 18.6 Å². The predicted octanol–water partition coefficient (Wildman–Crippen LogP) is 1.62. The number of hydrogen-bond acceptors (Lipinski definition) is 4. The maximum absolute atomic E-state index is 12.7. The maximum Gasteiger partial charge on any atom is 0.243 e. The first kappa shape index (κ1) is 15.3. The molecule has 0 unspecified atom stereocenters. The van der Waals surface area contributed by atoms with Crippen LogP contribution in [0.5, 0.6) is 5.75 Å². The number of aliphatic hydroxyl groups excluding tert-OH is 1. The Balaban J connectivity index is 2.28. The van der Waals surface area contributed by atoms with Gasteiger partial charge in [-0.15, -0.1) is 0 Å². The van der Waals surface area contributed by atoms with Gasteiger partial charge in [-0.05, 0) is 37.1 Å². The van der Waals surface area contributed by atoms with E-state index >= 15 is 0 Å². The molecule has 1 aliphatic rings. The highest BCUT2D eigenvalue weighted by Crippen LogP contribution is 2.29. The summed E-state index contributed by atoms with van der Waals surface area (Å²) >= 11 is 0. The van der Waals surface area contributed by atoms with Gasteiger partial charge < -0.3 is 9.84 Å². The van der Waals surface area contributed by atoms with Crippen LogP contribution < -0.4 is 4.74 Å². The topological polar surface area (TPSA) is 66.8 Å². The van der Waals surface area contributed by atoms with E-state index in [4.69, 9.17) is 9.84 Å². The molecule has 0 bridgehead atoms. The van der Waals surface area contributed by atoms with Gasteiger partial charge in [0.25, 0.3) is 0 Å². The van der Waals surface area contributed by atoms with E-state index in [1.54, 1.807) is 31.4 Å². The minimum absolute atomic E-state index is 0.00857. The van der Waals surface area contributed by atoms with Crippen molar-refractivity contribution >= 4 is 10.0 Å². The van der Waals surface area contributed by atoms with Crippen molar-refractivity contribution in [2.45, 2.75) is 36.6 Å². The second-order valence-corrected chi connectivity index (χ2v) is 6.84. The molecule has 0 aliphatic heterocycles. The normalized spacial score (nSPS) is 16.8. The SMILES string of the molecule is COc1ccc(S(=O)(=O)N(CCO)C2CCCC2)cc1. The summed E-state index contributed by atoms with van der Waals surface area (Å²) in [6.45, 7) is -0.00901. The minimum Gasteiger partial charge on any atom is -0.497 e. The first-order chi connectivity index (χ1) is 9.59. The molecule has 0 aromatic heterocycles. The van der Waals surface area contributed by atoms with E-state index in [9.17, 15) is 8.42 Å². The molecule has 0 spiro atoms. The maximum atomic E-state index is 12.7. The summed E-state index contributed by atoms with van der Waals surface area (Å²) in [6, 6.07) is 6.38. The highest BCUT2D eigenvalue weighted by molar-refractivity contribution is 7.89. The van der Waals surface area contributed by atoms with E-state index in [0.29, 0.717) is 5.75 Å². The number of sulfonamides is 1. The van der Waals surface area contributed by atoms with E-state index in [2.05, 4.69) is 0 Å². The third kappa shape index (κ3) is 3.13. The van der Waals surface area contributed by atoms with Gasteiger partial charge in [-0.1, -0.05) is 12.8 Å². The highest BCUT2D eigenvalue weighted by atomic mass is 32.2. The molecule has 0 radical (unpaired) electrons. The third-order valence-electron chi connectivity index (χ3n) is 3.72. The van der Waals surface area contributed by atoms with Gasteiger partial charge in [0.2, 0.25) is 10.0 Å². The molecular formula is C14H21NO4S. The van der Waals surface area contributed by atoms with Crippen LogP contribution >= 0.6 is 0 Å². The van der Waals surface area contributed by atoms with Crippen molar-refractivity contribution in [3.05, 3.63) is 24.3 Å². The van der Waals surface area contributed by atoms with Crippen molar-refractivity contribution in [2.75, 3.05) is 20.3 Å². The van der Waals surface area contributed by atoms with Crippen LogP contribution in [0.3, 0.4) is 0 Å². The van der Waals surface area contributed by atoms with E-state index in [0.717, 1.165) is 25.7 Å². The second-order valence-electron chi connectivity index (χ2n) is 4.95. The van der Waals surface area contributed by atoms with Crippen LogP contribution in [0.2, 0.25) is 0 Å². The standard InChI is InChI=1S/C14H21NO4S/c1-19-13-6-8-14(9-7-13)20(17,18)15(10-11-16)12-4-2-3-5-12/h6-9,12,16H,2-5,10-11H2,1H3. The number of aliphatic hydroxyl groups is 1. The van der Waals surface area contributed by atoms with Gasteiger partial charge in [0, 0.05) is 12.6 Å². The average Bonchev–Trinajstić information content (AvgIpc) is 2.98. The summed E-state index contributed by atoms with van der Waals surface area (Å²) in [5.74, 6) is 0.624. The largest absolute Gasteiger partial charge is 0.497 e. The molecule has 1 aromatic rings. The molecule has 0 atom stereocenters. The van der Waals surface area contributed by atoms with Gasteiger partial charge in [-0.25, -0.2) is 8.42 Å². The van der Waals surface area contributed by atoms with Crippen molar-refractivity contribution in [1.29, 1.82) is 0 Å². The van der Waals surface area contributed by atoms with E-state index in [-0.39, 0.29) is 24.1 Å². The lowest BCUT2D eigenvalue weighted by Gasteiger charge is -2.27. The van der Waals surface area contributed by atoms with Crippen LogP contribution in [0.15, 0.2) is 29.2 Å². The van der Waals surface area contributed by atoms with E-state index in [1.807, 2.05) is 0 Å². The number of benzene rings is 1. The van der Waals surface area contributed by atoms with Crippen molar-refractivity contribution < 1.29 is 18.3 Å². The van der Waals surface area contributed by atoms with Crippen LogP contribution in [0.25, 0.3) is 0 Å². The highest BCUT2D eigenvalue weighted by Gasteiger charge is 2.32. The van der Waals surface area contributed by atoms with E-state index in [1.165, 1.54) is 4.31 Å². The van der Waals surface area contributed by atoms with Crippen LogP contribution in [0.1, 0.15) is 25.7 Å². The molecule has 112 valence electrons. The van der Waals surface area contributed by atoms with Crippen LogP contribution in [0.4, 0.5) is 0 Å². The summed E-state index contributed by atoms with van der Waals surface area (Å²) in [6.07, 6.45) is 3.83. The van der Waals surface area contributed by atoms with Gasteiger partial charge in [-0.3, -0.25) is 0 Å². The zero-order valence-corrected chi connectivity index (χ0v) is 12.5. The first-order valence-corrected chi connectivity index (χ1v) is 8.30. The summed E-state index contributed by atoms with van der Waals surface area (Å²) in [4.78, 5) is 0.249. The predicted molar refractivity (Wildman–Crippen MR) is 76.2 cm³/mol. The van der Waals surface area contributed by atoms with Gasteiger partial charge >= 0.3 is 0 Å². The third-order valence-corrected chi connectivity index (χ3v) is 5.68. The van der Waals surface area contributed by atoms with Crippen molar-refractivity contribution in [1.82, 2.24) is 4.31 Å². The molecule has 1 fully saturated rings. The molecule has 0 heterocycles. The van der Waals surface area contributed by atoms with Crippen LogP contribution in [0, 0.1) is 0 Å². The number of ether oxygens (including phenoxy) is 1. The Labute approximate surface area is 120 Å². The van der Waals surface area contributed by atoms with Gasteiger partial charge in [0.15, 0.2) is 0 Å². The quantitative estimate of drug-likeness (QED) is 0.867. The summed E-state index contributed by atoms with van der Waals surface area (Å²) in [5.41, 5.74) is 0. The Bertz CT molecular complexity index is 521. The molecule has 0 amide bonds. The number of methoxy groups -OCH3 is 1. The van der Waals surface area contributed by atoms with Crippen molar-refractivity contribution in [3.8, 4) is 5.75 Å². The molecule has 1 saturated carbocycles. The molecule has 0 saturated heterocycles. The van der Waals surface area contributed by atoms with Crippen LogP contribution in [-0.2, 0) is 10.0 Å². The lowest BCUT2D eigenvalue weighted by molar-refractivity contribution is 0.226. The van der Waals surface area contributed by atoms with Gasteiger partial charge in [-0.2, -0.15) is 4.31 Å². The smallest absolute Gasteiger partial charge is 0.243 e. The fourth-order valence-corrected chi connectivity index (χ4v) is 4.35. The first-order valence-electron chi connectivity index (χ1n) is 6.86. The zero-order valence-electron chi connectivity index (χ0n) is 11.7. The zero-order chi connectivity index (χ0) is 14.6. The molecule has 1 aliphatic carbocycles. The molecule has 5 nitrogen and oxygen atoms in total. The van der Waals surface area contributed by atoms with Crippen LogP contribution in [-0.4, -0.2) is 44.1 Å². The Kier molecular flexibility index (Phi) is 5.01. The average molecular weight is 299 g/mol. The monoisotopic (exact) mass is 299 g/mol. The Morgan fingerprint density at radius 2 is 1.85 bits per heavy atom. The van der Waals surface area contributed by atoms with Crippen molar-refractivity contribution in [2.24, 2.45) is 0 Å². The fourth-order valence-electron chi connectivity index (χ4n) is 2.67. The minimum atomic E-state index is -3.55. The van der Waals surface area contributed by atoms with E-state index < -0.39 is 10.0 Å². The Hall–Kier alpha value is -1.11. The Morgan fingerprint density at radius 1 is 1.25 bits per heavy atom. The lowest BCUT2D eigenvalue weighted by atomic mass is 10.2. The second kappa shape index (κ2) is 6.56. The number of hydrogen-bond donors (Lipinski definition) is 1. The summed E-state index contributed by atoms with van der Waals surface area (Å²) in [5, 5.41) is 9.16. The molecular weight excluding hydrogens is 278 g/mol. The molecule has 1 aromatic carbocycles. The summed E-state index contributed by atoms with van der Waals surface area (Å²) < 4.78 is 31.9. The summed E-state index contributed by atoms with van der Waals surface area (Å²) in [7, 11) is -2.01. The molecule has 1 N–H and O–H groups in total.